The van der Waals surface area contributed by atoms with Gasteiger partial charge < -0.3 is 14.9 Å². The number of hydrogen-bond acceptors (Lipinski definition) is 3. The van der Waals surface area contributed by atoms with Crippen LogP contribution in [0.3, 0.4) is 0 Å². The molecule has 0 fully saturated rings. The van der Waals surface area contributed by atoms with Crippen molar-refractivity contribution < 1.29 is 0 Å². The van der Waals surface area contributed by atoms with Gasteiger partial charge in [-0.05, 0) is 146 Å². The summed E-state index contributed by atoms with van der Waals surface area (Å²) in [6, 6.07) is 103. The van der Waals surface area contributed by atoms with Gasteiger partial charge in [-0.3, -0.25) is 4.99 Å². The predicted octanol–water partition coefficient (Wildman–Crippen LogP) is 18.3. The molecule has 0 radical (unpaired) electrons. The van der Waals surface area contributed by atoms with Crippen molar-refractivity contribution in [1.82, 2.24) is 9.13 Å². The van der Waals surface area contributed by atoms with Crippen LogP contribution in [0.4, 0.5) is 0 Å². The molecule has 0 saturated carbocycles. The number of nitrogens with zero attached hydrogens (tertiary/aromatic N) is 6. The van der Waals surface area contributed by atoms with Crippen LogP contribution in [0.25, 0.3) is 111 Å². The zero-order valence-corrected chi connectivity index (χ0v) is 45.6. The molecule has 0 unspecified atom stereocenters. The SMILES string of the molecule is N#Cc1ccc(-n2c3ccc(-c4ccccc4)cc3c3cc(-c4ccccc4)ccc32)c(C(N=C(N)c2ccccc2)=NCc2cc(-c3ccccc3C#N)ccc2-n2c3ccc(-c4ccccc4)cc3c3cc(-c4ccccc4)ccc32)c1. The summed E-state index contributed by atoms with van der Waals surface area (Å²) in [7, 11) is 0. The Labute approximate surface area is 486 Å². The number of aromatic nitrogens is 2. The zero-order valence-electron chi connectivity index (χ0n) is 45.6. The number of benzene rings is 12. The van der Waals surface area contributed by atoms with Crippen LogP contribution in [-0.2, 0) is 6.54 Å². The van der Waals surface area contributed by atoms with Gasteiger partial charge in [-0.1, -0.05) is 200 Å². The van der Waals surface area contributed by atoms with Gasteiger partial charge in [0.1, 0.15) is 5.84 Å². The van der Waals surface area contributed by atoms with Crippen LogP contribution in [0.15, 0.2) is 295 Å². The van der Waals surface area contributed by atoms with E-state index >= 15 is 0 Å². The Bertz CT molecular complexity index is 4790. The van der Waals surface area contributed by atoms with Crippen molar-refractivity contribution in [1.29, 1.82) is 10.5 Å². The standard InChI is InChI=1S/C77H51N7/c78-48-51-30-36-75(84-73-40-33-59(54-22-10-3-11-23-54)46-67(73)68-47-60(34-41-74(68)84)55-24-12-4-13-25-55)69(42-51)77(82-76(80)56-26-14-5-15-27-56)81-50-63-43-61(64-29-17-16-28-62(64)49-79)35-37-70(63)83-71-38-31-57(52-18-6-1-7-19-52)44-65(71)66-45-58(32-39-72(66)83)53-20-8-2-9-21-53/h1-47H,50H2,(H2,80,81,82). The van der Waals surface area contributed by atoms with Crippen LogP contribution in [0.5, 0.6) is 0 Å². The largest absolute Gasteiger partial charge is 0.383 e. The van der Waals surface area contributed by atoms with Crippen molar-refractivity contribution in [3.05, 3.63) is 313 Å². The van der Waals surface area contributed by atoms with Crippen molar-refractivity contribution in [2.24, 2.45) is 15.7 Å². The number of nitriles is 2. The number of rotatable bonds is 11. The Kier molecular flexibility index (Phi) is 13.1. The Morgan fingerprint density at radius 2 is 0.774 bits per heavy atom. The molecule has 394 valence electrons. The number of amidine groups is 2. The minimum absolute atomic E-state index is 0.133. The third kappa shape index (κ3) is 9.34. The molecule has 0 aliphatic heterocycles. The third-order valence-electron chi connectivity index (χ3n) is 15.9. The molecular weight excluding hydrogens is 1020 g/mol. The van der Waals surface area contributed by atoms with Crippen LogP contribution < -0.4 is 5.73 Å². The molecule has 12 aromatic carbocycles. The molecule has 7 heteroatoms. The van der Waals surface area contributed by atoms with E-state index in [4.69, 9.17) is 15.7 Å². The Hall–Kier alpha value is -11.6. The molecule has 14 rings (SSSR count). The highest BCUT2D eigenvalue weighted by Crippen LogP contribution is 2.41. The monoisotopic (exact) mass is 1070 g/mol. The van der Waals surface area contributed by atoms with Crippen LogP contribution >= 0.6 is 0 Å². The smallest absolute Gasteiger partial charge is 0.159 e. The van der Waals surface area contributed by atoms with Gasteiger partial charge >= 0.3 is 0 Å². The fourth-order valence-electron chi connectivity index (χ4n) is 11.8. The predicted molar refractivity (Wildman–Crippen MR) is 346 cm³/mol. The first-order valence-electron chi connectivity index (χ1n) is 28.0. The molecule has 0 saturated heterocycles. The van der Waals surface area contributed by atoms with Crippen LogP contribution in [0.2, 0.25) is 0 Å². The average molecular weight is 1070 g/mol. The molecule has 0 spiro atoms. The molecule has 7 nitrogen and oxygen atoms in total. The summed E-state index contributed by atoms with van der Waals surface area (Å²) in [6.45, 7) is 0.133. The number of aliphatic imine (C=N–C) groups is 2. The van der Waals surface area contributed by atoms with E-state index in [-0.39, 0.29) is 12.4 Å². The van der Waals surface area contributed by atoms with Crippen LogP contribution in [0.1, 0.15) is 27.8 Å². The summed E-state index contributed by atoms with van der Waals surface area (Å²) in [5.74, 6) is 0.615. The van der Waals surface area contributed by atoms with E-state index in [2.05, 4.69) is 209 Å². The maximum Gasteiger partial charge on any atom is 0.159 e. The maximum atomic E-state index is 10.7. The Morgan fingerprint density at radius 3 is 1.23 bits per heavy atom. The first kappa shape index (κ1) is 50.6. The fraction of sp³-hybridized carbons (Fsp3) is 0.0130. The maximum absolute atomic E-state index is 10.7. The summed E-state index contributed by atoms with van der Waals surface area (Å²) in [6.07, 6.45) is 0. The third-order valence-corrected chi connectivity index (χ3v) is 15.9. The van der Waals surface area contributed by atoms with Crippen molar-refractivity contribution in [2.45, 2.75) is 6.54 Å². The zero-order chi connectivity index (χ0) is 56.5. The van der Waals surface area contributed by atoms with E-state index in [0.717, 1.165) is 122 Å². The van der Waals surface area contributed by atoms with Crippen molar-refractivity contribution >= 4 is 55.3 Å². The lowest BCUT2D eigenvalue weighted by Crippen LogP contribution is -2.17. The lowest BCUT2D eigenvalue weighted by atomic mass is 9.97. The fourth-order valence-corrected chi connectivity index (χ4v) is 11.8. The second-order valence-corrected chi connectivity index (χ2v) is 20.9. The molecular formula is C77H51N7. The second-order valence-electron chi connectivity index (χ2n) is 20.9. The molecule has 0 amide bonds. The van der Waals surface area contributed by atoms with Crippen molar-refractivity contribution in [2.75, 3.05) is 0 Å². The second kappa shape index (κ2) is 21.8. The first-order valence-corrected chi connectivity index (χ1v) is 28.0. The van der Waals surface area contributed by atoms with Crippen LogP contribution in [-0.4, -0.2) is 20.8 Å². The molecule has 0 atom stereocenters. The van der Waals surface area contributed by atoms with E-state index in [1.807, 2.05) is 97.1 Å². The van der Waals surface area contributed by atoms with E-state index in [1.54, 1.807) is 0 Å². The minimum atomic E-state index is 0.133. The lowest BCUT2D eigenvalue weighted by Gasteiger charge is -2.17. The molecule has 0 aliphatic carbocycles. The highest BCUT2D eigenvalue weighted by atomic mass is 15.0. The quantitative estimate of drug-likeness (QED) is 0.103. The number of hydrogen-bond donors (Lipinski definition) is 1. The minimum Gasteiger partial charge on any atom is -0.383 e. The highest BCUT2D eigenvalue weighted by molar-refractivity contribution is 6.16. The van der Waals surface area contributed by atoms with Gasteiger partial charge in [-0.25, -0.2) is 4.99 Å². The van der Waals surface area contributed by atoms with Gasteiger partial charge in [0, 0.05) is 32.7 Å². The van der Waals surface area contributed by atoms with Crippen LogP contribution in [0, 0.1) is 22.7 Å². The van der Waals surface area contributed by atoms with E-state index in [1.165, 1.54) is 0 Å². The summed E-state index contributed by atoms with van der Waals surface area (Å²) in [5, 5.41) is 25.5. The van der Waals surface area contributed by atoms with E-state index < -0.39 is 0 Å². The van der Waals surface area contributed by atoms with Gasteiger partial charge in [0.2, 0.25) is 0 Å². The number of nitrogens with two attached hydrogens (primary N) is 1. The lowest BCUT2D eigenvalue weighted by molar-refractivity contribution is 1.02. The van der Waals surface area contributed by atoms with Gasteiger partial charge in [0.15, 0.2) is 5.84 Å². The molecule has 0 bridgehead atoms. The van der Waals surface area contributed by atoms with E-state index in [9.17, 15) is 10.5 Å². The summed E-state index contributed by atoms with van der Waals surface area (Å²) in [4.78, 5) is 10.9. The van der Waals surface area contributed by atoms with Gasteiger partial charge in [0.05, 0.1) is 63.3 Å². The molecule has 2 aromatic heterocycles. The van der Waals surface area contributed by atoms with Gasteiger partial charge in [-0.15, -0.1) is 0 Å². The molecule has 84 heavy (non-hydrogen) atoms. The van der Waals surface area contributed by atoms with Crippen molar-refractivity contribution in [3.8, 4) is 79.1 Å². The van der Waals surface area contributed by atoms with Gasteiger partial charge in [-0.2, -0.15) is 10.5 Å². The van der Waals surface area contributed by atoms with E-state index in [0.29, 0.717) is 22.5 Å². The topological polar surface area (TPSA) is 108 Å². The summed E-state index contributed by atoms with van der Waals surface area (Å²) in [5.41, 5.74) is 26.6. The Morgan fingerprint density at radius 1 is 0.369 bits per heavy atom. The van der Waals surface area contributed by atoms with Gasteiger partial charge in [0.25, 0.3) is 0 Å². The molecule has 14 aromatic rings. The number of fused-ring (bicyclic) bond motifs is 6. The van der Waals surface area contributed by atoms with Crippen molar-refractivity contribution in [3.63, 3.8) is 0 Å². The first-order chi connectivity index (χ1) is 41.5. The Balaban J connectivity index is 1.01. The molecule has 2 N–H and O–H groups in total. The summed E-state index contributed by atoms with van der Waals surface area (Å²) < 4.78 is 4.61. The molecule has 2 heterocycles. The normalized spacial score (nSPS) is 11.8. The highest BCUT2D eigenvalue weighted by Gasteiger charge is 2.23. The molecule has 0 aliphatic rings. The average Bonchev–Trinajstić information content (AvgIpc) is 2.36. The summed E-state index contributed by atoms with van der Waals surface area (Å²) >= 11 is 0.